The van der Waals surface area contributed by atoms with E-state index in [-0.39, 0.29) is 5.76 Å². The number of carbonyl (C=O) groups excluding carboxylic acids is 1. The van der Waals surface area contributed by atoms with Gasteiger partial charge in [-0.15, -0.1) is 0 Å². The molecule has 10 nitrogen and oxygen atoms in total. The van der Waals surface area contributed by atoms with Crippen molar-refractivity contribution >= 4 is 38.5 Å². The minimum atomic E-state index is -0.661. The number of nitrogens with zero attached hydrogens (tertiary/aromatic N) is 4. The van der Waals surface area contributed by atoms with Gasteiger partial charge in [0.05, 0.1) is 30.6 Å². The van der Waals surface area contributed by atoms with E-state index < -0.39 is 16.7 Å². The van der Waals surface area contributed by atoms with E-state index in [4.69, 9.17) is 13.9 Å². The molecule has 32 heavy (non-hydrogen) atoms. The number of rotatable bonds is 9. The maximum absolute atomic E-state index is 13.3. The predicted octanol–water partition coefficient (Wildman–Crippen LogP) is 3.57. The highest BCUT2D eigenvalue weighted by Crippen LogP contribution is 2.35. The van der Waals surface area contributed by atoms with Gasteiger partial charge in [-0.2, -0.15) is 0 Å². The Hall–Kier alpha value is -3.02. The van der Waals surface area contributed by atoms with Gasteiger partial charge in [-0.3, -0.25) is 24.7 Å². The normalized spacial score (nSPS) is 14.5. The number of anilines is 1. The van der Waals surface area contributed by atoms with Crippen LogP contribution in [0, 0.1) is 10.1 Å². The third-order valence-electron chi connectivity index (χ3n) is 5.09. The monoisotopic (exact) mass is 460 g/mol. The van der Waals surface area contributed by atoms with Crippen LogP contribution in [-0.4, -0.2) is 66.7 Å². The average Bonchev–Trinajstić information content (AvgIpc) is 3.45. The highest BCUT2D eigenvalue weighted by atomic mass is 32.1. The highest BCUT2D eigenvalue weighted by Gasteiger charge is 2.26. The molecule has 0 unspecified atom stereocenters. The summed E-state index contributed by atoms with van der Waals surface area (Å²) in [6, 6.07) is 8.16. The lowest BCUT2D eigenvalue weighted by Crippen LogP contribution is -2.39. The third-order valence-corrected chi connectivity index (χ3v) is 6.13. The molecule has 11 heteroatoms. The maximum atomic E-state index is 13.3. The summed E-state index contributed by atoms with van der Waals surface area (Å²) in [5, 5.41) is 11.5. The summed E-state index contributed by atoms with van der Waals surface area (Å²) in [6.45, 7) is 6.73. The van der Waals surface area contributed by atoms with Gasteiger partial charge in [-0.1, -0.05) is 17.4 Å². The lowest BCUT2D eigenvalue weighted by Gasteiger charge is -2.27. The van der Waals surface area contributed by atoms with E-state index in [1.165, 1.54) is 28.4 Å². The molecule has 0 bridgehead atoms. The number of morpholine rings is 1. The molecule has 1 aliphatic heterocycles. The molecule has 170 valence electrons. The van der Waals surface area contributed by atoms with Crippen LogP contribution >= 0.6 is 11.3 Å². The summed E-state index contributed by atoms with van der Waals surface area (Å²) in [4.78, 5) is 32.1. The Morgan fingerprint density at radius 2 is 2.12 bits per heavy atom. The van der Waals surface area contributed by atoms with Crippen LogP contribution in [0.3, 0.4) is 0 Å². The number of carbonyl (C=O) groups is 1. The molecular formula is C21H24N4O6S. The largest absolute Gasteiger partial charge is 0.492 e. The summed E-state index contributed by atoms with van der Waals surface area (Å²) >= 11 is 1.37. The predicted molar refractivity (Wildman–Crippen MR) is 120 cm³/mol. The van der Waals surface area contributed by atoms with E-state index in [0.717, 1.165) is 24.3 Å². The number of hydrogen-bond donors (Lipinski definition) is 0. The first-order valence-corrected chi connectivity index (χ1v) is 11.3. The Morgan fingerprint density at radius 3 is 2.84 bits per heavy atom. The molecule has 1 aliphatic rings. The van der Waals surface area contributed by atoms with Crippen LogP contribution < -0.4 is 9.64 Å². The molecule has 0 aliphatic carbocycles. The molecule has 0 saturated carbocycles. The van der Waals surface area contributed by atoms with Crippen LogP contribution in [0.1, 0.15) is 23.9 Å². The number of thiazole rings is 1. The molecule has 1 saturated heterocycles. The standard InChI is InChI=1S/C21H24N4O6S/c1-2-30-15-5-3-6-17-19(15)22-21(32-17)24(10-4-9-23-11-13-29-14-12-23)20(26)16-7-8-18(31-16)25(27)28/h3,5-8H,2,4,9-14H2,1H3. The zero-order valence-corrected chi connectivity index (χ0v) is 18.5. The summed E-state index contributed by atoms with van der Waals surface area (Å²) in [5.41, 5.74) is 0.686. The van der Waals surface area contributed by atoms with Gasteiger partial charge < -0.3 is 13.9 Å². The van der Waals surface area contributed by atoms with Gasteiger partial charge in [0.25, 0.3) is 5.91 Å². The number of hydrogen-bond acceptors (Lipinski definition) is 9. The van der Waals surface area contributed by atoms with Gasteiger partial charge in [0.15, 0.2) is 10.9 Å². The minimum absolute atomic E-state index is 0.0904. The van der Waals surface area contributed by atoms with Crippen LogP contribution in [0.5, 0.6) is 5.75 Å². The van der Waals surface area contributed by atoms with Gasteiger partial charge in [0.1, 0.15) is 16.2 Å². The van der Waals surface area contributed by atoms with Crippen molar-refractivity contribution in [3.63, 3.8) is 0 Å². The van der Waals surface area contributed by atoms with Crippen molar-refractivity contribution < 1.29 is 23.6 Å². The van der Waals surface area contributed by atoms with Crippen LogP contribution in [-0.2, 0) is 4.74 Å². The SMILES string of the molecule is CCOc1cccc2sc(N(CCCN3CCOCC3)C(=O)c3ccc([N+](=O)[O-])o3)nc12. The molecule has 3 aromatic rings. The van der Waals surface area contributed by atoms with Crippen molar-refractivity contribution in [2.24, 2.45) is 0 Å². The van der Waals surface area contributed by atoms with E-state index in [2.05, 4.69) is 9.88 Å². The van der Waals surface area contributed by atoms with Crippen molar-refractivity contribution in [1.82, 2.24) is 9.88 Å². The summed E-state index contributed by atoms with van der Waals surface area (Å²) in [5.74, 6) is -0.365. The van der Waals surface area contributed by atoms with E-state index in [0.29, 0.717) is 49.2 Å². The van der Waals surface area contributed by atoms with Crippen molar-refractivity contribution in [2.75, 3.05) is 50.9 Å². The molecule has 1 aromatic carbocycles. The van der Waals surface area contributed by atoms with Crippen molar-refractivity contribution in [3.05, 3.63) is 46.2 Å². The van der Waals surface area contributed by atoms with Crippen molar-refractivity contribution in [1.29, 1.82) is 0 Å². The molecule has 0 spiro atoms. The second-order valence-electron chi connectivity index (χ2n) is 7.19. The topological polar surface area (TPSA) is 111 Å². The van der Waals surface area contributed by atoms with Crippen molar-refractivity contribution in [2.45, 2.75) is 13.3 Å². The fourth-order valence-electron chi connectivity index (χ4n) is 3.53. The van der Waals surface area contributed by atoms with Crippen LogP contribution in [0.2, 0.25) is 0 Å². The molecule has 1 amide bonds. The number of aromatic nitrogens is 1. The van der Waals surface area contributed by atoms with E-state index >= 15 is 0 Å². The lowest BCUT2D eigenvalue weighted by atomic mass is 10.3. The number of benzene rings is 1. The zero-order valence-electron chi connectivity index (χ0n) is 17.7. The molecule has 0 N–H and O–H groups in total. The summed E-state index contributed by atoms with van der Waals surface area (Å²) < 4.78 is 17.1. The molecule has 1 fully saturated rings. The highest BCUT2D eigenvalue weighted by molar-refractivity contribution is 7.22. The molecule has 3 heterocycles. The average molecular weight is 461 g/mol. The second kappa shape index (κ2) is 10.1. The molecule has 4 rings (SSSR count). The fraction of sp³-hybridized carbons (Fsp3) is 0.429. The summed E-state index contributed by atoms with van der Waals surface area (Å²) in [6.07, 6.45) is 0.711. The Labute approximate surface area is 188 Å². The van der Waals surface area contributed by atoms with Gasteiger partial charge in [-0.25, -0.2) is 4.98 Å². The smallest absolute Gasteiger partial charge is 0.433 e. The van der Waals surface area contributed by atoms with Gasteiger partial charge >= 0.3 is 5.88 Å². The number of fused-ring (bicyclic) bond motifs is 1. The van der Waals surface area contributed by atoms with Crippen LogP contribution in [0.4, 0.5) is 11.0 Å². The first kappa shape index (κ1) is 22.2. The van der Waals surface area contributed by atoms with E-state index in [1.54, 1.807) is 0 Å². The van der Waals surface area contributed by atoms with Crippen LogP contribution in [0.25, 0.3) is 10.2 Å². The maximum Gasteiger partial charge on any atom is 0.433 e. The van der Waals surface area contributed by atoms with Crippen LogP contribution in [0.15, 0.2) is 34.7 Å². The number of nitro groups is 1. The fourth-order valence-corrected chi connectivity index (χ4v) is 4.54. The number of para-hydroxylation sites is 1. The second-order valence-corrected chi connectivity index (χ2v) is 8.20. The lowest BCUT2D eigenvalue weighted by molar-refractivity contribution is -0.402. The third kappa shape index (κ3) is 4.90. The number of furan rings is 1. The molecule has 0 radical (unpaired) electrons. The first-order chi connectivity index (χ1) is 15.6. The minimum Gasteiger partial charge on any atom is -0.492 e. The van der Waals surface area contributed by atoms with Gasteiger partial charge in [0, 0.05) is 26.2 Å². The Bertz CT molecular complexity index is 1090. The number of ether oxygens (including phenoxy) is 2. The quantitative estimate of drug-likeness (QED) is 0.352. The Morgan fingerprint density at radius 1 is 1.31 bits per heavy atom. The molecular weight excluding hydrogens is 436 g/mol. The molecule has 0 atom stereocenters. The summed E-state index contributed by atoms with van der Waals surface area (Å²) in [7, 11) is 0. The first-order valence-electron chi connectivity index (χ1n) is 10.5. The Balaban J connectivity index is 1.60. The Kier molecular flexibility index (Phi) is 6.98. The number of amides is 1. The zero-order chi connectivity index (χ0) is 22.5. The van der Waals surface area contributed by atoms with E-state index in [9.17, 15) is 14.9 Å². The van der Waals surface area contributed by atoms with E-state index in [1.807, 2.05) is 25.1 Å². The van der Waals surface area contributed by atoms with Crippen molar-refractivity contribution in [3.8, 4) is 5.75 Å². The molecule has 2 aromatic heterocycles. The van der Waals surface area contributed by atoms with Gasteiger partial charge in [-0.05, 0) is 31.5 Å². The van der Waals surface area contributed by atoms with Gasteiger partial charge in [0.2, 0.25) is 0 Å².